The van der Waals surface area contributed by atoms with Gasteiger partial charge in [0, 0.05) is 11.5 Å². The monoisotopic (exact) mass is 348 g/mol. The Bertz CT molecular complexity index is 681. The summed E-state index contributed by atoms with van der Waals surface area (Å²) in [4.78, 5) is 24.2. The first-order valence-corrected chi connectivity index (χ1v) is 8.14. The number of carbonyl (C=O) groups is 1. The average molecular weight is 348 g/mol. The van der Waals surface area contributed by atoms with E-state index in [0.717, 1.165) is 16.7 Å². The number of ether oxygens (including phenoxy) is 1. The molecule has 1 amide bonds. The second-order valence-corrected chi connectivity index (χ2v) is 7.19. The van der Waals surface area contributed by atoms with Crippen LogP contribution in [-0.2, 0) is 17.7 Å². The number of amides is 1. The molecule has 1 aliphatic heterocycles. The van der Waals surface area contributed by atoms with Crippen molar-refractivity contribution >= 4 is 12.2 Å². The molecule has 2 rings (SSSR count). The zero-order valence-corrected chi connectivity index (χ0v) is 14.8. The fourth-order valence-corrected chi connectivity index (χ4v) is 2.89. The SMILES string of the molecule is C=Cc1ccc2c(c1)CN(C(=O)OC(C)(C)C)[C@H]([C@H](O)C[N+](=O)[O-])C2. The number of nitrogens with zero attached hydrogens (tertiary/aromatic N) is 2. The van der Waals surface area contributed by atoms with Gasteiger partial charge in [0.15, 0.2) is 0 Å². The van der Waals surface area contributed by atoms with Gasteiger partial charge in [-0.1, -0.05) is 24.8 Å². The Labute approximate surface area is 147 Å². The van der Waals surface area contributed by atoms with Crippen LogP contribution in [0.3, 0.4) is 0 Å². The van der Waals surface area contributed by atoms with Gasteiger partial charge in [-0.3, -0.25) is 15.0 Å². The Hall–Kier alpha value is -2.41. The Morgan fingerprint density at radius 2 is 2.20 bits per heavy atom. The molecule has 0 aromatic heterocycles. The summed E-state index contributed by atoms with van der Waals surface area (Å²) in [6, 6.07) is 5.02. The summed E-state index contributed by atoms with van der Waals surface area (Å²) in [5.41, 5.74) is 2.11. The van der Waals surface area contributed by atoms with E-state index >= 15 is 0 Å². The highest BCUT2D eigenvalue weighted by Crippen LogP contribution is 2.28. The number of fused-ring (bicyclic) bond motifs is 1. The summed E-state index contributed by atoms with van der Waals surface area (Å²) in [5, 5.41) is 21.1. The maximum atomic E-state index is 12.6. The highest BCUT2D eigenvalue weighted by atomic mass is 16.6. The third-order valence-electron chi connectivity index (χ3n) is 4.04. The van der Waals surface area contributed by atoms with E-state index in [1.165, 1.54) is 4.90 Å². The van der Waals surface area contributed by atoms with E-state index in [4.69, 9.17) is 4.74 Å². The number of aliphatic hydroxyl groups is 1. The molecule has 0 aliphatic carbocycles. The number of carbonyl (C=O) groups excluding carboxylic acids is 1. The Morgan fingerprint density at radius 3 is 2.76 bits per heavy atom. The number of aliphatic hydroxyl groups excluding tert-OH is 1. The van der Waals surface area contributed by atoms with Crippen LogP contribution >= 0.6 is 0 Å². The first-order valence-electron chi connectivity index (χ1n) is 8.14. The minimum atomic E-state index is -1.27. The smallest absolute Gasteiger partial charge is 0.410 e. The lowest BCUT2D eigenvalue weighted by atomic mass is 9.90. The van der Waals surface area contributed by atoms with Crippen molar-refractivity contribution in [1.82, 2.24) is 4.90 Å². The second-order valence-electron chi connectivity index (χ2n) is 7.19. The third kappa shape index (κ3) is 4.79. The second kappa shape index (κ2) is 7.23. The van der Waals surface area contributed by atoms with Crippen molar-refractivity contribution in [2.45, 2.75) is 51.5 Å². The molecule has 7 heteroatoms. The lowest BCUT2D eigenvalue weighted by Gasteiger charge is -2.39. The fourth-order valence-electron chi connectivity index (χ4n) is 2.89. The maximum absolute atomic E-state index is 12.6. The van der Waals surface area contributed by atoms with Crippen molar-refractivity contribution in [2.24, 2.45) is 0 Å². The summed E-state index contributed by atoms with van der Waals surface area (Å²) in [5.74, 6) is 0. The van der Waals surface area contributed by atoms with Gasteiger partial charge in [-0.15, -0.1) is 0 Å². The Morgan fingerprint density at radius 1 is 1.52 bits per heavy atom. The van der Waals surface area contributed by atoms with Crippen molar-refractivity contribution < 1.29 is 19.6 Å². The molecule has 0 spiro atoms. The summed E-state index contributed by atoms with van der Waals surface area (Å²) in [6.45, 7) is 8.60. The standard InChI is InChI=1S/C18H24N2O5/c1-5-12-6-7-13-9-15(16(21)11-20(23)24)19(10-14(13)8-12)17(22)25-18(2,3)4/h5-8,15-16,21H,1,9-11H2,2-4H3/t15-,16+/m0/s1. The van der Waals surface area contributed by atoms with Gasteiger partial charge in [-0.25, -0.2) is 4.79 Å². The van der Waals surface area contributed by atoms with Crippen LogP contribution in [0, 0.1) is 10.1 Å². The molecule has 0 bridgehead atoms. The van der Waals surface area contributed by atoms with E-state index < -0.39 is 35.3 Å². The zero-order chi connectivity index (χ0) is 18.8. The van der Waals surface area contributed by atoms with E-state index in [0.29, 0.717) is 6.42 Å². The van der Waals surface area contributed by atoms with Crippen LogP contribution in [-0.4, -0.2) is 45.3 Å². The molecule has 0 saturated carbocycles. The van der Waals surface area contributed by atoms with Crippen LogP contribution in [0.4, 0.5) is 4.79 Å². The lowest BCUT2D eigenvalue weighted by molar-refractivity contribution is -0.491. The van der Waals surface area contributed by atoms with Crippen LogP contribution in [0.25, 0.3) is 6.08 Å². The number of hydrogen-bond acceptors (Lipinski definition) is 5. The molecule has 1 aromatic carbocycles. The molecule has 2 atom stereocenters. The van der Waals surface area contributed by atoms with Crippen molar-refractivity contribution in [3.63, 3.8) is 0 Å². The molecule has 0 unspecified atom stereocenters. The molecule has 0 saturated heterocycles. The van der Waals surface area contributed by atoms with Crippen LogP contribution in [0.2, 0.25) is 0 Å². The summed E-state index contributed by atoms with van der Waals surface area (Å²) >= 11 is 0. The molecular formula is C18H24N2O5. The minimum absolute atomic E-state index is 0.228. The van der Waals surface area contributed by atoms with E-state index in [2.05, 4.69) is 6.58 Å². The zero-order valence-electron chi connectivity index (χ0n) is 14.8. The van der Waals surface area contributed by atoms with Crippen LogP contribution in [0.1, 0.15) is 37.5 Å². The van der Waals surface area contributed by atoms with Gasteiger partial charge < -0.3 is 9.84 Å². The highest BCUT2D eigenvalue weighted by molar-refractivity contribution is 5.69. The van der Waals surface area contributed by atoms with E-state index in [9.17, 15) is 20.0 Å². The molecular weight excluding hydrogens is 324 g/mol. The fraction of sp³-hybridized carbons (Fsp3) is 0.500. The van der Waals surface area contributed by atoms with Crippen molar-refractivity contribution in [3.8, 4) is 0 Å². The van der Waals surface area contributed by atoms with E-state index in [1.807, 2.05) is 18.2 Å². The van der Waals surface area contributed by atoms with Crippen LogP contribution in [0.15, 0.2) is 24.8 Å². The predicted molar refractivity (Wildman–Crippen MR) is 93.7 cm³/mol. The van der Waals surface area contributed by atoms with Crippen LogP contribution < -0.4 is 0 Å². The predicted octanol–water partition coefficient (Wildman–Crippen LogP) is 2.63. The first-order chi connectivity index (χ1) is 11.6. The maximum Gasteiger partial charge on any atom is 0.410 e. The summed E-state index contributed by atoms with van der Waals surface area (Å²) < 4.78 is 5.42. The topological polar surface area (TPSA) is 92.9 Å². The Kier molecular flexibility index (Phi) is 5.47. The number of hydrogen-bond donors (Lipinski definition) is 1. The first kappa shape index (κ1) is 18.9. The lowest BCUT2D eigenvalue weighted by Crippen LogP contribution is -2.53. The van der Waals surface area contributed by atoms with Gasteiger partial charge in [0.25, 0.3) is 0 Å². The van der Waals surface area contributed by atoms with Gasteiger partial charge in [0.1, 0.15) is 11.7 Å². The largest absolute Gasteiger partial charge is 0.444 e. The molecule has 25 heavy (non-hydrogen) atoms. The molecule has 0 radical (unpaired) electrons. The minimum Gasteiger partial charge on any atom is -0.444 e. The molecule has 1 aliphatic rings. The van der Waals surface area contributed by atoms with Gasteiger partial charge in [-0.2, -0.15) is 0 Å². The molecule has 1 N–H and O–H groups in total. The van der Waals surface area contributed by atoms with Crippen molar-refractivity contribution in [2.75, 3.05) is 6.54 Å². The van der Waals surface area contributed by atoms with Crippen molar-refractivity contribution in [3.05, 3.63) is 51.6 Å². The summed E-state index contributed by atoms with van der Waals surface area (Å²) in [6.07, 6.45) is 0.191. The number of nitro groups is 1. The average Bonchev–Trinajstić information content (AvgIpc) is 2.50. The highest BCUT2D eigenvalue weighted by Gasteiger charge is 2.38. The third-order valence-corrected chi connectivity index (χ3v) is 4.04. The van der Waals surface area contributed by atoms with Gasteiger partial charge in [0.2, 0.25) is 6.54 Å². The molecule has 1 aromatic rings. The molecule has 136 valence electrons. The van der Waals surface area contributed by atoms with Gasteiger partial charge in [0.05, 0.1) is 6.04 Å². The van der Waals surface area contributed by atoms with Gasteiger partial charge >= 0.3 is 6.09 Å². The van der Waals surface area contributed by atoms with E-state index in [1.54, 1.807) is 26.8 Å². The van der Waals surface area contributed by atoms with E-state index in [-0.39, 0.29) is 6.54 Å². The van der Waals surface area contributed by atoms with Crippen molar-refractivity contribution in [1.29, 1.82) is 0 Å². The molecule has 0 fully saturated rings. The molecule has 7 nitrogen and oxygen atoms in total. The molecule has 1 heterocycles. The van der Waals surface area contributed by atoms with Crippen LogP contribution in [0.5, 0.6) is 0 Å². The number of benzene rings is 1. The quantitative estimate of drug-likeness (QED) is 0.667. The Balaban J connectivity index is 2.34. The normalized spacial score (nSPS) is 18.2. The van der Waals surface area contributed by atoms with Gasteiger partial charge in [-0.05, 0) is 49.9 Å². The number of rotatable bonds is 4. The summed E-state index contributed by atoms with van der Waals surface area (Å²) in [7, 11) is 0.